The highest BCUT2D eigenvalue weighted by Crippen LogP contribution is 2.11. The number of nitrogens with one attached hydrogen (secondary N) is 1. The molecule has 1 N–H and O–H groups in total. The number of hydrogen-bond donors (Lipinski definition) is 1. The molecule has 1 heterocycles. The number of nitrogens with zero attached hydrogens (tertiary/aromatic N) is 1. The molecule has 2 aromatic rings. The molecule has 6 heteroatoms. The van der Waals surface area contributed by atoms with E-state index in [1.807, 2.05) is 19.1 Å². The van der Waals surface area contributed by atoms with Gasteiger partial charge in [0.15, 0.2) is 0 Å². The highest BCUT2D eigenvalue weighted by atomic mass is 79.9. The molecule has 0 spiro atoms. The molecule has 0 aliphatic carbocycles. The van der Waals surface area contributed by atoms with E-state index in [0.717, 1.165) is 16.0 Å². The zero-order chi connectivity index (χ0) is 16.8. The Morgan fingerprint density at radius 2 is 1.87 bits per heavy atom. The van der Waals surface area contributed by atoms with Crippen LogP contribution in [0.25, 0.3) is 0 Å². The minimum Gasteiger partial charge on any atom is -0.464 e. The standard InChI is InChI=1S/C17H19BrN2O3/c1-12-3-8-15(23-12)11-20(2)16(21)9-10-19-17(22)13-4-6-14(18)7-5-13/h3-8H,9-11H2,1-2H3,(H,19,22). The van der Waals surface area contributed by atoms with Crippen LogP contribution >= 0.6 is 15.9 Å². The summed E-state index contributed by atoms with van der Waals surface area (Å²) in [7, 11) is 1.72. The Bertz CT molecular complexity index is 679. The van der Waals surface area contributed by atoms with E-state index in [4.69, 9.17) is 4.42 Å². The Kier molecular flexibility index (Phi) is 5.98. The van der Waals surface area contributed by atoms with E-state index in [-0.39, 0.29) is 18.2 Å². The van der Waals surface area contributed by atoms with Gasteiger partial charge in [0, 0.05) is 30.0 Å². The van der Waals surface area contributed by atoms with Crippen LogP contribution in [0.3, 0.4) is 0 Å². The van der Waals surface area contributed by atoms with E-state index in [0.29, 0.717) is 18.7 Å². The Morgan fingerprint density at radius 3 is 2.48 bits per heavy atom. The molecule has 0 radical (unpaired) electrons. The van der Waals surface area contributed by atoms with E-state index in [1.54, 1.807) is 36.2 Å². The molecule has 0 unspecified atom stereocenters. The molecule has 0 fully saturated rings. The number of hydrogen-bond acceptors (Lipinski definition) is 3. The fraction of sp³-hybridized carbons (Fsp3) is 0.294. The molecule has 0 aliphatic rings. The summed E-state index contributed by atoms with van der Waals surface area (Å²) in [5.74, 6) is 1.34. The predicted molar refractivity (Wildman–Crippen MR) is 91.0 cm³/mol. The van der Waals surface area contributed by atoms with Gasteiger partial charge in [-0.2, -0.15) is 0 Å². The maximum absolute atomic E-state index is 12.0. The van der Waals surface area contributed by atoms with Crippen LogP contribution in [0.15, 0.2) is 45.3 Å². The van der Waals surface area contributed by atoms with Gasteiger partial charge in [-0.25, -0.2) is 0 Å². The van der Waals surface area contributed by atoms with Crippen molar-refractivity contribution in [2.24, 2.45) is 0 Å². The second kappa shape index (κ2) is 7.97. The fourth-order valence-electron chi connectivity index (χ4n) is 2.07. The Hall–Kier alpha value is -2.08. The van der Waals surface area contributed by atoms with Gasteiger partial charge < -0.3 is 14.6 Å². The van der Waals surface area contributed by atoms with E-state index >= 15 is 0 Å². The van der Waals surface area contributed by atoms with Crippen molar-refractivity contribution < 1.29 is 14.0 Å². The molecular weight excluding hydrogens is 360 g/mol. The third kappa shape index (κ3) is 5.25. The number of furan rings is 1. The Morgan fingerprint density at radius 1 is 1.17 bits per heavy atom. The first-order valence-corrected chi connectivity index (χ1v) is 8.08. The summed E-state index contributed by atoms with van der Waals surface area (Å²) in [6.45, 7) is 2.59. The Labute approximate surface area is 143 Å². The average molecular weight is 379 g/mol. The second-order valence-corrected chi connectivity index (χ2v) is 6.19. The lowest BCUT2D eigenvalue weighted by molar-refractivity contribution is -0.130. The fourth-order valence-corrected chi connectivity index (χ4v) is 2.33. The van der Waals surface area contributed by atoms with Gasteiger partial charge in [0.05, 0.1) is 6.54 Å². The van der Waals surface area contributed by atoms with Crippen LogP contribution in [0, 0.1) is 6.92 Å². The number of carbonyl (C=O) groups is 2. The summed E-state index contributed by atoms with van der Waals surface area (Å²) >= 11 is 3.32. The molecule has 0 bridgehead atoms. The number of benzene rings is 1. The first-order chi connectivity index (χ1) is 11.0. The van der Waals surface area contributed by atoms with Crippen LogP contribution in [-0.2, 0) is 11.3 Å². The van der Waals surface area contributed by atoms with Gasteiger partial charge in [-0.05, 0) is 43.3 Å². The highest BCUT2D eigenvalue weighted by molar-refractivity contribution is 9.10. The van der Waals surface area contributed by atoms with Gasteiger partial charge in [-0.15, -0.1) is 0 Å². The maximum atomic E-state index is 12.0. The van der Waals surface area contributed by atoms with E-state index in [2.05, 4.69) is 21.2 Å². The number of rotatable bonds is 6. The van der Waals surface area contributed by atoms with Crippen LogP contribution < -0.4 is 5.32 Å². The third-order valence-corrected chi connectivity index (χ3v) is 3.87. The third-order valence-electron chi connectivity index (χ3n) is 3.35. The molecule has 0 saturated carbocycles. The summed E-state index contributed by atoms with van der Waals surface area (Å²) < 4.78 is 6.36. The number of carbonyl (C=O) groups excluding carboxylic acids is 2. The molecular formula is C17H19BrN2O3. The van der Waals surface area contributed by atoms with Crippen LogP contribution in [0.2, 0.25) is 0 Å². The zero-order valence-electron chi connectivity index (χ0n) is 13.1. The van der Waals surface area contributed by atoms with Crippen LogP contribution in [0.1, 0.15) is 28.3 Å². The number of amides is 2. The van der Waals surface area contributed by atoms with Gasteiger partial charge >= 0.3 is 0 Å². The summed E-state index contributed by atoms with van der Waals surface area (Å²) in [6.07, 6.45) is 0.248. The predicted octanol–water partition coefficient (Wildman–Crippen LogP) is 3.13. The van der Waals surface area contributed by atoms with Gasteiger partial charge in [-0.3, -0.25) is 9.59 Å². The Balaban J connectivity index is 1.75. The molecule has 0 saturated heterocycles. The monoisotopic (exact) mass is 378 g/mol. The van der Waals surface area contributed by atoms with Crippen molar-refractivity contribution in [3.63, 3.8) is 0 Å². The minimum absolute atomic E-state index is 0.0461. The molecule has 5 nitrogen and oxygen atoms in total. The smallest absolute Gasteiger partial charge is 0.251 e. The lowest BCUT2D eigenvalue weighted by atomic mass is 10.2. The molecule has 2 amide bonds. The molecule has 1 aromatic heterocycles. The maximum Gasteiger partial charge on any atom is 0.251 e. The van der Waals surface area contributed by atoms with Gasteiger partial charge in [0.25, 0.3) is 5.91 Å². The van der Waals surface area contributed by atoms with E-state index in [1.165, 1.54) is 0 Å². The van der Waals surface area contributed by atoms with Crippen LogP contribution in [0.5, 0.6) is 0 Å². The van der Waals surface area contributed by atoms with Crippen molar-refractivity contribution in [2.75, 3.05) is 13.6 Å². The second-order valence-electron chi connectivity index (χ2n) is 5.27. The van der Waals surface area contributed by atoms with Crippen molar-refractivity contribution in [3.05, 3.63) is 58.0 Å². The molecule has 2 rings (SSSR count). The van der Waals surface area contributed by atoms with E-state index < -0.39 is 0 Å². The largest absolute Gasteiger partial charge is 0.464 e. The number of halogens is 1. The number of aryl methyl sites for hydroxylation is 1. The van der Waals surface area contributed by atoms with Crippen molar-refractivity contribution in [3.8, 4) is 0 Å². The van der Waals surface area contributed by atoms with Gasteiger partial charge in [0.1, 0.15) is 11.5 Å². The summed E-state index contributed by atoms with van der Waals surface area (Å²) in [5.41, 5.74) is 0.570. The van der Waals surface area contributed by atoms with Crippen molar-refractivity contribution in [2.45, 2.75) is 19.9 Å². The lowest BCUT2D eigenvalue weighted by Crippen LogP contribution is -2.31. The first kappa shape index (κ1) is 17.3. The first-order valence-electron chi connectivity index (χ1n) is 7.29. The van der Waals surface area contributed by atoms with Crippen molar-refractivity contribution in [1.29, 1.82) is 0 Å². The molecule has 23 heavy (non-hydrogen) atoms. The van der Waals surface area contributed by atoms with Crippen molar-refractivity contribution >= 4 is 27.7 Å². The summed E-state index contributed by atoms with van der Waals surface area (Å²) in [4.78, 5) is 25.6. The quantitative estimate of drug-likeness (QED) is 0.839. The van der Waals surface area contributed by atoms with Gasteiger partial charge in [0.2, 0.25) is 5.91 Å². The van der Waals surface area contributed by atoms with Crippen LogP contribution in [-0.4, -0.2) is 30.3 Å². The molecule has 0 atom stereocenters. The van der Waals surface area contributed by atoms with E-state index in [9.17, 15) is 9.59 Å². The van der Waals surface area contributed by atoms with Crippen LogP contribution in [0.4, 0.5) is 0 Å². The molecule has 1 aromatic carbocycles. The molecule has 122 valence electrons. The summed E-state index contributed by atoms with van der Waals surface area (Å²) in [5, 5.41) is 2.75. The SMILES string of the molecule is Cc1ccc(CN(C)C(=O)CCNC(=O)c2ccc(Br)cc2)o1. The minimum atomic E-state index is -0.186. The summed E-state index contributed by atoms with van der Waals surface area (Å²) in [6, 6.07) is 10.8. The van der Waals surface area contributed by atoms with Crippen molar-refractivity contribution in [1.82, 2.24) is 10.2 Å². The normalized spacial score (nSPS) is 10.4. The average Bonchev–Trinajstić information content (AvgIpc) is 2.92. The zero-order valence-corrected chi connectivity index (χ0v) is 14.7. The molecule has 0 aliphatic heterocycles. The van der Waals surface area contributed by atoms with Gasteiger partial charge in [-0.1, -0.05) is 15.9 Å². The topological polar surface area (TPSA) is 62.6 Å². The highest BCUT2D eigenvalue weighted by Gasteiger charge is 2.12. The lowest BCUT2D eigenvalue weighted by Gasteiger charge is -2.16.